The number of aliphatic hydroxyl groups is 1. The Labute approximate surface area is 142 Å². The summed E-state index contributed by atoms with van der Waals surface area (Å²) in [4.78, 5) is 12.2. The van der Waals surface area contributed by atoms with Crippen LogP contribution in [0.4, 0.5) is 4.79 Å². The average molecular weight is 328 g/mol. The molecule has 5 heteroatoms. The third-order valence-corrected chi connectivity index (χ3v) is 3.83. The molecule has 0 aliphatic carbocycles. The number of amides is 2. The van der Waals surface area contributed by atoms with E-state index in [0.717, 1.165) is 11.1 Å². The number of nitrogens with one attached hydrogen (secondary N) is 2. The van der Waals surface area contributed by atoms with E-state index in [1.165, 1.54) is 0 Å². The zero-order valence-electron chi connectivity index (χ0n) is 14.0. The summed E-state index contributed by atoms with van der Waals surface area (Å²) in [5, 5.41) is 16.1. The van der Waals surface area contributed by atoms with E-state index in [2.05, 4.69) is 10.6 Å². The van der Waals surface area contributed by atoms with Crippen LogP contribution in [-0.4, -0.2) is 31.4 Å². The molecule has 0 aliphatic rings. The van der Waals surface area contributed by atoms with Crippen molar-refractivity contribution in [2.75, 3.05) is 20.3 Å². The number of carbonyl (C=O) groups is 1. The van der Waals surface area contributed by atoms with Gasteiger partial charge >= 0.3 is 6.03 Å². The highest BCUT2D eigenvalue weighted by molar-refractivity contribution is 5.74. The molecule has 2 amide bonds. The summed E-state index contributed by atoms with van der Waals surface area (Å²) >= 11 is 0. The number of benzene rings is 2. The number of hydrogen-bond donors (Lipinski definition) is 3. The summed E-state index contributed by atoms with van der Waals surface area (Å²) in [6.07, 6.45) is 0. The highest BCUT2D eigenvalue weighted by Gasteiger charge is 2.24. The molecule has 0 aliphatic heterocycles. The number of carbonyl (C=O) groups excluding carboxylic acids is 1. The van der Waals surface area contributed by atoms with Crippen molar-refractivity contribution in [3.8, 4) is 0 Å². The number of urea groups is 1. The predicted octanol–water partition coefficient (Wildman–Crippen LogP) is 2.58. The summed E-state index contributed by atoms with van der Waals surface area (Å²) in [7, 11) is 1.59. The standard InChI is InChI=1S/C19H24N2O3/c1-19(23,16-11-7-4-8-12-16)14-20-18(22)21-17(13-24-2)15-9-5-3-6-10-15/h3-12,17,23H,13-14H2,1-2H3,(H2,20,21,22). The molecule has 3 N–H and O–H groups in total. The molecule has 2 rings (SSSR count). The van der Waals surface area contributed by atoms with E-state index >= 15 is 0 Å². The highest BCUT2D eigenvalue weighted by atomic mass is 16.5. The van der Waals surface area contributed by atoms with E-state index in [9.17, 15) is 9.90 Å². The van der Waals surface area contributed by atoms with Gasteiger partial charge in [-0.05, 0) is 18.1 Å². The van der Waals surface area contributed by atoms with Gasteiger partial charge in [0.25, 0.3) is 0 Å². The first-order chi connectivity index (χ1) is 11.5. The van der Waals surface area contributed by atoms with Crippen LogP contribution in [0.3, 0.4) is 0 Å². The van der Waals surface area contributed by atoms with Gasteiger partial charge in [-0.1, -0.05) is 60.7 Å². The van der Waals surface area contributed by atoms with Crippen LogP contribution >= 0.6 is 0 Å². The maximum absolute atomic E-state index is 12.2. The van der Waals surface area contributed by atoms with Gasteiger partial charge in [0.1, 0.15) is 5.60 Å². The van der Waals surface area contributed by atoms with E-state index in [-0.39, 0.29) is 18.6 Å². The van der Waals surface area contributed by atoms with Gasteiger partial charge < -0.3 is 20.5 Å². The second-order valence-electron chi connectivity index (χ2n) is 5.89. The molecule has 2 aromatic rings. The Morgan fingerprint density at radius 1 is 1.12 bits per heavy atom. The van der Waals surface area contributed by atoms with E-state index in [1.807, 2.05) is 60.7 Å². The minimum atomic E-state index is -1.14. The van der Waals surface area contributed by atoms with Gasteiger partial charge in [0.15, 0.2) is 0 Å². The Morgan fingerprint density at radius 2 is 1.71 bits per heavy atom. The molecule has 2 atom stereocenters. The van der Waals surface area contributed by atoms with Crippen LogP contribution in [0.1, 0.15) is 24.1 Å². The van der Waals surface area contributed by atoms with Gasteiger partial charge in [0.2, 0.25) is 0 Å². The zero-order valence-corrected chi connectivity index (χ0v) is 14.0. The monoisotopic (exact) mass is 328 g/mol. The molecule has 0 fully saturated rings. The minimum Gasteiger partial charge on any atom is -0.384 e. The second-order valence-corrected chi connectivity index (χ2v) is 5.89. The van der Waals surface area contributed by atoms with Crippen molar-refractivity contribution < 1.29 is 14.6 Å². The molecular formula is C19H24N2O3. The number of ether oxygens (including phenoxy) is 1. The van der Waals surface area contributed by atoms with Crippen LogP contribution in [0.25, 0.3) is 0 Å². The van der Waals surface area contributed by atoms with Crippen molar-refractivity contribution >= 4 is 6.03 Å². The number of methoxy groups -OCH3 is 1. The lowest BCUT2D eigenvalue weighted by molar-refractivity contribution is 0.0590. The Balaban J connectivity index is 1.94. The van der Waals surface area contributed by atoms with E-state index in [4.69, 9.17) is 4.74 Å². The molecule has 0 saturated carbocycles. The Bertz CT molecular complexity index is 630. The molecule has 0 aromatic heterocycles. The molecule has 2 unspecified atom stereocenters. The third kappa shape index (κ3) is 5.08. The highest BCUT2D eigenvalue weighted by Crippen LogP contribution is 2.19. The summed E-state index contributed by atoms with van der Waals surface area (Å²) < 4.78 is 5.18. The molecule has 0 spiro atoms. The lowest BCUT2D eigenvalue weighted by Gasteiger charge is -2.25. The van der Waals surface area contributed by atoms with Crippen LogP contribution in [0, 0.1) is 0 Å². The summed E-state index contributed by atoms with van der Waals surface area (Å²) in [5.74, 6) is 0. The van der Waals surface area contributed by atoms with Crippen LogP contribution < -0.4 is 10.6 Å². The van der Waals surface area contributed by atoms with Gasteiger partial charge in [-0.15, -0.1) is 0 Å². The molecular weight excluding hydrogens is 304 g/mol. The number of rotatable bonds is 7. The first-order valence-corrected chi connectivity index (χ1v) is 7.89. The molecule has 0 saturated heterocycles. The van der Waals surface area contributed by atoms with Crippen LogP contribution in [0.15, 0.2) is 60.7 Å². The SMILES string of the molecule is COCC(NC(=O)NCC(C)(O)c1ccccc1)c1ccccc1. The Morgan fingerprint density at radius 3 is 2.29 bits per heavy atom. The van der Waals surface area contributed by atoms with Crippen molar-refractivity contribution in [3.63, 3.8) is 0 Å². The molecule has 2 aromatic carbocycles. The van der Waals surface area contributed by atoms with Gasteiger partial charge in [-0.25, -0.2) is 4.79 Å². The lowest BCUT2D eigenvalue weighted by Crippen LogP contribution is -2.45. The van der Waals surface area contributed by atoms with Gasteiger partial charge in [0.05, 0.1) is 19.2 Å². The quantitative estimate of drug-likeness (QED) is 0.731. The van der Waals surface area contributed by atoms with Crippen molar-refractivity contribution in [3.05, 3.63) is 71.8 Å². The average Bonchev–Trinajstić information content (AvgIpc) is 2.61. The minimum absolute atomic E-state index is 0.108. The Hall–Kier alpha value is -2.37. The molecule has 24 heavy (non-hydrogen) atoms. The normalized spacial score (nSPS) is 14.5. The Kier molecular flexibility index (Phi) is 6.35. The van der Waals surface area contributed by atoms with Crippen molar-refractivity contribution in [1.82, 2.24) is 10.6 Å². The van der Waals surface area contributed by atoms with E-state index in [0.29, 0.717) is 6.61 Å². The maximum atomic E-state index is 12.2. The molecule has 0 radical (unpaired) electrons. The zero-order chi connectivity index (χ0) is 17.4. The number of hydrogen-bond acceptors (Lipinski definition) is 3. The summed E-state index contributed by atoms with van der Waals surface area (Å²) in [6, 6.07) is 18.3. The van der Waals surface area contributed by atoms with Crippen LogP contribution in [0.5, 0.6) is 0 Å². The molecule has 5 nitrogen and oxygen atoms in total. The fraction of sp³-hybridized carbons (Fsp3) is 0.316. The van der Waals surface area contributed by atoms with Crippen molar-refractivity contribution in [2.24, 2.45) is 0 Å². The smallest absolute Gasteiger partial charge is 0.315 e. The van der Waals surface area contributed by atoms with Gasteiger partial charge in [-0.3, -0.25) is 0 Å². The third-order valence-electron chi connectivity index (χ3n) is 3.83. The summed E-state index contributed by atoms with van der Waals surface area (Å²) in [5.41, 5.74) is 0.577. The predicted molar refractivity (Wildman–Crippen MR) is 93.6 cm³/mol. The summed E-state index contributed by atoms with van der Waals surface area (Å²) in [6.45, 7) is 2.15. The topological polar surface area (TPSA) is 70.6 Å². The fourth-order valence-corrected chi connectivity index (χ4v) is 2.43. The van der Waals surface area contributed by atoms with Gasteiger partial charge in [-0.2, -0.15) is 0 Å². The maximum Gasteiger partial charge on any atom is 0.315 e. The van der Waals surface area contributed by atoms with Crippen molar-refractivity contribution in [2.45, 2.75) is 18.6 Å². The molecule has 0 heterocycles. The van der Waals surface area contributed by atoms with E-state index < -0.39 is 5.60 Å². The van der Waals surface area contributed by atoms with Crippen LogP contribution in [0.2, 0.25) is 0 Å². The molecule has 128 valence electrons. The first kappa shape index (κ1) is 18.0. The lowest BCUT2D eigenvalue weighted by atomic mass is 9.96. The molecule has 0 bridgehead atoms. The van der Waals surface area contributed by atoms with E-state index in [1.54, 1.807) is 14.0 Å². The fourth-order valence-electron chi connectivity index (χ4n) is 2.43. The van der Waals surface area contributed by atoms with Crippen molar-refractivity contribution in [1.29, 1.82) is 0 Å². The second kappa shape index (κ2) is 8.47. The first-order valence-electron chi connectivity index (χ1n) is 7.89. The van der Waals surface area contributed by atoms with Crippen LogP contribution in [-0.2, 0) is 10.3 Å². The largest absolute Gasteiger partial charge is 0.384 e. The van der Waals surface area contributed by atoms with Gasteiger partial charge in [0, 0.05) is 7.11 Å².